The van der Waals surface area contributed by atoms with Crippen LogP contribution in [0, 0.1) is 5.41 Å². The Kier molecular flexibility index (Phi) is 3.40. The van der Waals surface area contributed by atoms with Crippen molar-refractivity contribution in [3.05, 3.63) is 0 Å². The molecule has 0 aromatic heterocycles. The highest BCUT2D eigenvalue weighted by atomic mass is 16.2. The lowest BCUT2D eigenvalue weighted by atomic mass is 9.98. The van der Waals surface area contributed by atoms with Gasteiger partial charge >= 0.3 is 0 Å². The molecule has 1 heterocycles. The number of hydrogen-bond donors (Lipinski definition) is 1. The molecule has 1 aliphatic carbocycles. The molecule has 17 heavy (non-hydrogen) atoms. The molecule has 1 aliphatic heterocycles. The van der Waals surface area contributed by atoms with Gasteiger partial charge < -0.3 is 10.2 Å². The van der Waals surface area contributed by atoms with Gasteiger partial charge in [-0.2, -0.15) is 0 Å². The lowest BCUT2D eigenvalue weighted by molar-refractivity contribution is -0.145. The number of nitrogens with zero attached hydrogens (tertiary/aromatic N) is 1. The van der Waals surface area contributed by atoms with Crippen molar-refractivity contribution in [1.82, 2.24) is 10.2 Å². The molecule has 0 spiro atoms. The average molecular weight is 238 g/mol. The highest BCUT2D eigenvalue weighted by Gasteiger charge is 2.45. The first-order valence-electron chi connectivity index (χ1n) is 6.68. The molecule has 1 N–H and O–H groups in total. The molecular formula is C13H22N2O2. The molecular weight excluding hydrogens is 216 g/mol. The summed E-state index contributed by atoms with van der Waals surface area (Å²) >= 11 is 0. The zero-order valence-electron chi connectivity index (χ0n) is 10.8. The van der Waals surface area contributed by atoms with Crippen LogP contribution < -0.4 is 5.32 Å². The third kappa shape index (κ3) is 2.61. The number of carbonyl (C=O) groups excluding carboxylic acids is 2. The summed E-state index contributed by atoms with van der Waals surface area (Å²) in [6, 6.07) is -0.298. The van der Waals surface area contributed by atoms with E-state index in [0.29, 0.717) is 11.8 Å². The van der Waals surface area contributed by atoms with Crippen molar-refractivity contribution in [2.45, 2.75) is 52.0 Å². The number of piperazine rings is 1. The Morgan fingerprint density at radius 1 is 1.35 bits per heavy atom. The van der Waals surface area contributed by atoms with E-state index < -0.39 is 0 Å². The average Bonchev–Trinajstić information content (AvgIpc) is 3.03. The van der Waals surface area contributed by atoms with Gasteiger partial charge in [-0.15, -0.1) is 0 Å². The zero-order chi connectivity index (χ0) is 12.5. The summed E-state index contributed by atoms with van der Waals surface area (Å²) in [6.45, 7) is 5.15. The molecule has 1 saturated heterocycles. The first-order chi connectivity index (χ1) is 8.10. The molecule has 0 aromatic carbocycles. The second-order valence-corrected chi connectivity index (χ2v) is 5.47. The summed E-state index contributed by atoms with van der Waals surface area (Å²) in [5, 5.41) is 2.75. The van der Waals surface area contributed by atoms with Gasteiger partial charge in [-0.3, -0.25) is 9.59 Å². The third-order valence-corrected chi connectivity index (χ3v) is 3.95. The largest absolute Gasteiger partial charge is 0.343 e. The van der Waals surface area contributed by atoms with E-state index in [1.807, 2.05) is 6.92 Å². The number of nitrogens with one attached hydrogen (secondary N) is 1. The lowest BCUT2D eigenvalue weighted by Crippen LogP contribution is -2.58. The summed E-state index contributed by atoms with van der Waals surface area (Å²) in [5.41, 5.74) is 0.334. The maximum Gasteiger partial charge on any atom is 0.245 e. The van der Waals surface area contributed by atoms with Crippen LogP contribution in [0.1, 0.15) is 46.0 Å². The van der Waals surface area contributed by atoms with Crippen molar-refractivity contribution in [3.8, 4) is 0 Å². The van der Waals surface area contributed by atoms with Crippen molar-refractivity contribution < 1.29 is 9.59 Å². The molecule has 2 aliphatic rings. The van der Waals surface area contributed by atoms with Crippen LogP contribution in [-0.4, -0.2) is 35.8 Å². The number of carbonyl (C=O) groups is 2. The second-order valence-electron chi connectivity index (χ2n) is 5.47. The normalized spacial score (nSPS) is 26.9. The quantitative estimate of drug-likeness (QED) is 0.785. The van der Waals surface area contributed by atoms with Crippen LogP contribution >= 0.6 is 0 Å². The molecule has 4 heteroatoms. The van der Waals surface area contributed by atoms with E-state index in [1.54, 1.807) is 4.90 Å². The minimum absolute atomic E-state index is 0.0104. The molecule has 1 unspecified atom stereocenters. The van der Waals surface area contributed by atoms with Crippen LogP contribution in [0.15, 0.2) is 0 Å². The van der Waals surface area contributed by atoms with E-state index in [2.05, 4.69) is 12.2 Å². The van der Waals surface area contributed by atoms with Crippen molar-refractivity contribution >= 4 is 11.8 Å². The van der Waals surface area contributed by atoms with Gasteiger partial charge in [0.05, 0.1) is 6.54 Å². The third-order valence-electron chi connectivity index (χ3n) is 3.95. The Labute approximate surface area is 103 Å². The summed E-state index contributed by atoms with van der Waals surface area (Å²) in [6.07, 6.45) is 5.44. The molecule has 4 nitrogen and oxygen atoms in total. The van der Waals surface area contributed by atoms with Gasteiger partial charge in [-0.1, -0.05) is 20.3 Å². The fourth-order valence-corrected chi connectivity index (χ4v) is 2.78. The Morgan fingerprint density at radius 2 is 2.06 bits per heavy atom. The fourth-order valence-electron chi connectivity index (χ4n) is 2.78. The number of rotatable bonds is 5. The summed E-state index contributed by atoms with van der Waals surface area (Å²) in [5.74, 6) is 0.0956. The Morgan fingerprint density at radius 3 is 2.59 bits per heavy atom. The zero-order valence-corrected chi connectivity index (χ0v) is 10.8. The Hall–Kier alpha value is -1.06. The smallest absolute Gasteiger partial charge is 0.245 e. The van der Waals surface area contributed by atoms with Gasteiger partial charge in [0.25, 0.3) is 0 Å². The first-order valence-corrected chi connectivity index (χ1v) is 6.68. The van der Waals surface area contributed by atoms with E-state index in [1.165, 1.54) is 19.3 Å². The Bertz CT molecular complexity index is 323. The monoisotopic (exact) mass is 238 g/mol. The summed E-state index contributed by atoms with van der Waals surface area (Å²) in [4.78, 5) is 25.4. The second kappa shape index (κ2) is 4.67. The first kappa shape index (κ1) is 12.4. The lowest BCUT2D eigenvalue weighted by Gasteiger charge is -2.34. The van der Waals surface area contributed by atoms with E-state index in [-0.39, 0.29) is 24.4 Å². The van der Waals surface area contributed by atoms with Gasteiger partial charge in [0.15, 0.2) is 0 Å². The van der Waals surface area contributed by atoms with Gasteiger partial charge in [-0.25, -0.2) is 0 Å². The van der Waals surface area contributed by atoms with Gasteiger partial charge in [0, 0.05) is 6.54 Å². The van der Waals surface area contributed by atoms with E-state index >= 15 is 0 Å². The van der Waals surface area contributed by atoms with Gasteiger partial charge in [0.2, 0.25) is 11.8 Å². The van der Waals surface area contributed by atoms with Crippen LogP contribution in [0.3, 0.4) is 0 Å². The Balaban J connectivity index is 1.99. The highest BCUT2D eigenvalue weighted by Crippen LogP contribution is 2.50. The molecule has 96 valence electrons. The standard InChI is InChI=1S/C13H22N2O2/c1-3-5-13(6-7-13)9-15-8-11(16)14-10(4-2)12(15)17/h10H,3-9H2,1-2H3,(H,14,16). The van der Waals surface area contributed by atoms with Gasteiger partial charge in [-0.05, 0) is 31.1 Å². The molecule has 2 amide bonds. The van der Waals surface area contributed by atoms with Crippen LogP contribution in [0.2, 0.25) is 0 Å². The number of hydrogen-bond acceptors (Lipinski definition) is 2. The molecule has 1 saturated carbocycles. The molecule has 2 rings (SSSR count). The molecule has 1 atom stereocenters. The van der Waals surface area contributed by atoms with Crippen molar-refractivity contribution in [2.24, 2.45) is 5.41 Å². The maximum absolute atomic E-state index is 12.1. The predicted molar refractivity (Wildman–Crippen MR) is 65.4 cm³/mol. The van der Waals surface area contributed by atoms with E-state index in [9.17, 15) is 9.59 Å². The minimum atomic E-state index is -0.298. The predicted octanol–water partition coefficient (Wildman–Crippen LogP) is 1.30. The molecule has 0 bridgehead atoms. The van der Waals surface area contributed by atoms with Crippen molar-refractivity contribution in [1.29, 1.82) is 0 Å². The molecule has 2 fully saturated rings. The van der Waals surface area contributed by atoms with Crippen LogP contribution in [0.25, 0.3) is 0 Å². The van der Waals surface area contributed by atoms with Gasteiger partial charge in [0.1, 0.15) is 6.04 Å². The topological polar surface area (TPSA) is 49.4 Å². The molecule has 0 radical (unpaired) electrons. The molecule has 0 aromatic rings. The minimum Gasteiger partial charge on any atom is -0.343 e. The van der Waals surface area contributed by atoms with E-state index in [4.69, 9.17) is 0 Å². The number of amides is 2. The SMILES string of the molecule is CCCC1(CN2CC(=O)NC(CC)C2=O)CC1. The van der Waals surface area contributed by atoms with Crippen LogP contribution in [0.4, 0.5) is 0 Å². The van der Waals surface area contributed by atoms with Crippen LogP contribution in [0.5, 0.6) is 0 Å². The summed E-state index contributed by atoms with van der Waals surface area (Å²) < 4.78 is 0. The van der Waals surface area contributed by atoms with Crippen molar-refractivity contribution in [2.75, 3.05) is 13.1 Å². The van der Waals surface area contributed by atoms with E-state index in [0.717, 1.165) is 13.0 Å². The highest BCUT2D eigenvalue weighted by molar-refractivity contribution is 5.94. The van der Waals surface area contributed by atoms with Crippen LogP contribution in [-0.2, 0) is 9.59 Å². The van der Waals surface area contributed by atoms with Crippen molar-refractivity contribution in [3.63, 3.8) is 0 Å². The fraction of sp³-hybridized carbons (Fsp3) is 0.846. The maximum atomic E-state index is 12.1. The summed E-state index contributed by atoms with van der Waals surface area (Å²) in [7, 11) is 0.